The van der Waals surface area contributed by atoms with Gasteiger partial charge in [0.25, 0.3) is 5.69 Å². The van der Waals surface area contributed by atoms with Gasteiger partial charge in [-0.05, 0) is 46.3 Å². The predicted octanol–water partition coefficient (Wildman–Crippen LogP) is 3.81. The van der Waals surface area contributed by atoms with E-state index in [4.69, 9.17) is 0 Å². The molecule has 0 aromatic heterocycles. The molecule has 0 heterocycles. The van der Waals surface area contributed by atoms with Crippen molar-refractivity contribution in [3.05, 3.63) is 62.4 Å². The molecule has 2 rings (SSSR count). The Morgan fingerprint density at radius 2 is 2.05 bits per heavy atom. The van der Waals surface area contributed by atoms with E-state index in [1.165, 1.54) is 18.2 Å². The largest absolute Gasteiger partial charge is 0.508 e. The van der Waals surface area contributed by atoms with Gasteiger partial charge in [0.1, 0.15) is 11.6 Å². The molecule has 0 amide bonds. The summed E-state index contributed by atoms with van der Waals surface area (Å²) in [6, 6.07) is 8.18. The molecule has 0 spiro atoms. The van der Waals surface area contributed by atoms with Gasteiger partial charge in [-0.1, -0.05) is 0 Å². The van der Waals surface area contributed by atoms with Gasteiger partial charge >= 0.3 is 0 Å². The number of benzene rings is 2. The minimum absolute atomic E-state index is 0.0366. The summed E-state index contributed by atoms with van der Waals surface area (Å²) in [4.78, 5) is 10.3. The fraction of sp³-hybridized carbons (Fsp3) is 0.0769. The topological polar surface area (TPSA) is 75.4 Å². The van der Waals surface area contributed by atoms with Gasteiger partial charge in [-0.2, -0.15) is 0 Å². The molecular weight excluding hydrogens is 331 g/mol. The van der Waals surface area contributed by atoms with Gasteiger partial charge in [0.15, 0.2) is 0 Å². The van der Waals surface area contributed by atoms with Crippen molar-refractivity contribution in [2.45, 2.75) is 6.54 Å². The van der Waals surface area contributed by atoms with E-state index in [0.717, 1.165) is 6.07 Å². The van der Waals surface area contributed by atoms with Crippen LogP contribution in [0.1, 0.15) is 5.56 Å². The van der Waals surface area contributed by atoms with Crippen LogP contribution in [-0.4, -0.2) is 10.0 Å². The lowest BCUT2D eigenvalue weighted by atomic mass is 10.2. The Balaban J connectivity index is 2.17. The van der Waals surface area contributed by atoms with Gasteiger partial charge in [-0.15, -0.1) is 0 Å². The SMILES string of the molecule is O=[N+]([O-])c1cc(NCc2cc(F)ccc2O)ccc1Br. The zero-order valence-electron chi connectivity index (χ0n) is 10.1. The number of rotatable bonds is 4. The summed E-state index contributed by atoms with van der Waals surface area (Å²) >= 11 is 3.09. The highest BCUT2D eigenvalue weighted by Gasteiger charge is 2.12. The van der Waals surface area contributed by atoms with Crippen LogP contribution < -0.4 is 5.32 Å². The van der Waals surface area contributed by atoms with Crippen molar-refractivity contribution >= 4 is 27.3 Å². The van der Waals surface area contributed by atoms with Crippen molar-refractivity contribution in [2.75, 3.05) is 5.32 Å². The molecule has 0 fully saturated rings. The molecular formula is C13H10BrFN2O3. The van der Waals surface area contributed by atoms with E-state index in [2.05, 4.69) is 21.2 Å². The highest BCUT2D eigenvalue weighted by Crippen LogP contribution is 2.28. The highest BCUT2D eigenvalue weighted by molar-refractivity contribution is 9.10. The van der Waals surface area contributed by atoms with Crippen molar-refractivity contribution in [3.63, 3.8) is 0 Å². The van der Waals surface area contributed by atoms with Gasteiger partial charge in [-0.3, -0.25) is 10.1 Å². The molecule has 0 atom stereocenters. The number of nitro benzene ring substituents is 1. The molecule has 0 unspecified atom stereocenters. The molecule has 7 heteroatoms. The van der Waals surface area contributed by atoms with Crippen LogP contribution in [0.5, 0.6) is 5.75 Å². The smallest absolute Gasteiger partial charge is 0.285 e. The number of nitrogens with one attached hydrogen (secondary N) is 1. The number of nitrogens with zero attached hydrogens (tertiary/aromatic N) is 1. The molecule has 2 aromatic rings. The molecule has 0 saturated heterocycles. The second kappa shape index (κ2) is 5.87. The van der Waals surface area contributed by atoms with E-state index >= 15 is 0 Å². The molecule has 0 radical (unpaired) electrons. The first kappa shape index (κ1) is 14.3. The summed E-state index contributed by atoms with van der Waals surface area (Å²) in [5.74, 6) is -0.494. The lowest BCUT2D eigenvalue weighted by Gasteiger charge is -2.08. The number of phenols is 1. The number of phenolic OH excluding ortho intramolecular Hbond substituents is 1. The van der Waals surface area contributed by atoms with E-state index in [1.807, 2.05) is 0 Å². The first-order valence-electron chi connectivity index (χ1n) is 5.62. The Kier molecular flexibility index (Phi) is 4.19. The lowest BCUT2D eigenvalue weighted by Crippen LogP contribution is -2.01. The normalized spacial score (nSPS) is 10.3. The molecule has 0 bridgehead atoms. The molecule has 0 saturated carbocycles. The third-order valence-electron chi connectivity index (χ3n) is 2.67. The third kappa shape index (κ3) is 3.24. The van der Waals surface area contributed by atoms with E-state index in [1.54, 1.807) is 12.1 Å². The van der Waals surface area contributed by atoms with Crippen molar-refractivity contribution in [1.82, 2.24) is 0 Å². The second-order valence-corrected chi connectivity index (χ2v) is 4.90. The Bertz CT molecular complexity index is 664. The van der Waals surface area contributed by atoms with Gasteiger partial charge in [0.05, 0.1) is 9.40 Å². The van der Waals surface area contributed by atoms with Crippen molar-refractivity contribution in [1.29, 1.82) is 0 Å². The first-order chi connectivity index (χ1) is 9.47. The van der Waals surface area contributed by atoms with Crippen LogP contribution in [0.25, 0.3) is 0 Å². The lowest BCUT2D eigenvalue weighted by molar-refractivity contribution is -0.385. The van der Waals surface area contributed by atoms with Crippen LogP contribution in [0.3, 0.4) is 0 Å². The minimum Gasteiger partial charge on any atom is -0.508 e. The van der Waals surface area contributed by atoms with Crippen LogP contribution in [0.4, 0.5) is 15.8 Å². The van der Waals surface area contributed by atoms with E-state index in [9.17, 15) is 19.6 Å². The standard InChI is InChI=1S/C13H10BrFN2O3/c14-11-3-2-10(6-12(11)17(19)20)16-7-8-5-9(15)1-4-13(8)18/h1-6,16,18H,7H2. The molecule has 20 heavy (non-hydrogen) atoms. The van der Waals surface area contributed by atoms with Crippen LogP contribution >= 0.6 is 15.9 Å². The summed E-state index contributed by atoms with van der Waals surface area (Å²) in [6.45, 7) is 0.155. The van der Waals surface area contributed by atoms with E-state index in [-0.39, 0.29) is 18.0 Å². The van der Waals surface area contributed by atoms with E-state index < -0.39 is 10.7 Å². The van der Waals surface area contributed by atoms with Gasteiger partial charge in [0, 0.05) is 23.9 Å². The number of halogens is 2. The minimum atomic E-state index is -0.505. The van der Waals surface area contributed by atoms with Crippen molar-refractivity contribution in [3.8, 4) is 5.75 Å². The van der Waals surface area contributed by atoms with Crippen LogP contribution in [-0.2, 0) is 6.54 Å². The Labute approximate surface area is 122 Å². The quantitative estimate of drug-likeness (QED) is 0.655. The Hall–Kier alpha value is -2.15. The van der Waals surface area contributed by atoms with Gasteiger partial charge in [0.2, 0.25) is 0 Å². The Morgan fingerprint density at radius 3 is 2.75 bits per heavy atom. The summed E-state index contributed by atoms with van der Waals surface area (Å²) in [5, 5.41) is 23.3. The summed E-state index contributed by atoms with van der Waals surface area (Å²) in [5.41, 5.74) is 0.803. The van der Waals surface area contributed by atoms with Gasteiger partial charge < -0.3 is 10.4 Å². The van der Waals surface area contributed by atoms with Crippen LogP contribution in [0.2, 0.25) is 0 Å². The van der Waals surface area contributed by atoms with E-state index in [0.29, 0.717) is 15.7 Å². The molecule has 0 aliphatic carbocycles. The molecule has 104 valence electrons. The highest BCUT2D eigenvalue weighted by atomic mass is 79.9. The fourth-order valence-electron chi connectivity index (χ4n) is 1.66. The summed E-state index contributed by atoms with van der Waals surface area (Å²) in [6.07, 6.45) is 0. The third-order valence-corrected chi connectivity index (χ3v) is 3.34. The monoisotopic (exact) mass is 340 g/mol. The predicted molar refractivity (Wildman–Crippen MR) is 76.2 cm³/mol. The average molecular weight is 341 g/mol. The number of hydrogen-bond acceptors (Lipinski definition) is 4. The van der Waals surface area contributed by atoms with Gasteiger partial charge in [-0.25, -0.2) is 4.39 Å². The fourth-order valence-corrected chi connectivity index (χ4v) is 2.05. The maximum atomic E-state index is 13.1. The number of aromatic hydroxyl groups is 1. The average Bonchev–Trinajstić information content (AvgIpc) is 2.41. The second-order valence-electron chi connectivity index (χ2n) is 4.05. The zero-order chi connectivity index (χ0) is 14.7. The maximum absolute atomic E-state index is 13.1. The molecule has 5 nitrogen and oxygen atoms in total. The molecule has 0 aliphatic rings. The number of anilines is 1. The molecule has 0 aliphatic heterocycles. The Morgan fingerprint density at radius 1 is 1.30 bits per heavy atom. The molecule has 2 N–H and O–H groups in total. The molecule has 2 aromatic carbocycles. The van der Waals surface area contributed by atoms with Crippen molar-refractivity contribution in [2.24, 2.45) is 0 Å². The number of hydrogen-bond donors (Lipinski definition) is 2. The van der Waals surface area contributed by atoms with Crippen LogP contribution in [0.15, 0.2) is 40.9 Å². The first-order valence-corrected chi connectivity index (χ1v) is 6.42. The van der Waals surface area contributed by atoms with Crippen molar-refractivity contribution < 1.29 is 14.4 Å². The summed E-state index contributed by atoms with van der Waals surface area (Å²) < 4.78 is 13.4. The zero-order valence-corrected chi connectivity index (χ0v) is 11.7. The maximum Gasteiger partial charge on any atom is 0.285 e. The number of nitro groups is 1. The summed E-state index contributed by atoms with van der Waals surface area (Å²) in [7, 11) is 0. The van der Waals surface area contributed by atoms with Crippen LogP contribution in [0, 0.1) is 15.9 Å².